The molecule has 0 radical (unpaired) electrons. The van der Waals surface area contributed by atoms with Crippen LogP contribution in [0.1, 0.15) is 18.4 Å². The quantitative estimate of drug-likeness (QED) is 0.879. The monoisotopic (exact) mass is 244 g/mol. The van der Waals surface area contributed by atoms with Gasteiger partial charge in [-0.3, -0.25) is 0 Å². The van der Waals surface area contributed by atoms with Gasteiger partial charge in [-0.25, -0.2) is 0 Å². The lowest BCUT2D eigenvalue weighted by molar-refractivity contribution is 0.259. The van der Waals surface area contributed by atoms with Crippen LogP contribution in [0.3, 0.4) is 0 Å². The van der Waals surface area contributed by atoms with E-state index in [2.05, 4.69) is 24.1 Å². The Labute approximate surface area is 108 Å². The van der Waals surface area contributed by atoms with Gasteiger partial charge in [-0.05, 0) is 37.9 Å². The van der Waals surface area contributed by atoms with Crippen molar-refractivity contribution in [1.82, 2.24) is 4.90 Å². The first kappa shape index (κ1) is 11.8. The van der Waals surface area contributed by atoms with Gasteiger partial charge in [-0.1, -0.05) is 18.2 Å². The fraction of sp³-hybridized carbons (Fsp3) is 0.467. The first-order valence-electron chi connectivity index (χ1n) is 6.56. The highest BCUT2D eigenvalue weighted by atomic mass is 16.3. The highest BCUT2D eigenvalue weighted by Gasteiger charge is 2.41. The molecule has 2 N–H and O–H groups in total. The summed E-state index contributed by atoms with van der Waals surface area (Å²) in [7, 11) is 2.16. The molecule has 0 bridgehead atoms. The summed E-state index contributed by atoms with van der Waals surface area (Å²) >= 11 is 0. The summed E-state index contributed by atoms with van der Waals surface area (Å²) in [6, 6.07) is 8.20. The summed E-state index contributed by atoms with van der Waals surface area (Å²) < 4.78 is 5.57. The van der Waals surface area contributed by atoms with Crippen molar-refractivity contribution >= 4 is 11.0 Å². The molecule has 1 heterocycles. The molecule has 1 aromatic heterocycles. The highest BCUT2D eigenvalue weighted by Crippen LogP contribution is 2.45. The molecular weight excluding hydrogens is 224 g/mol. The number of hydrogen-bond donors (Lipinski definition) is 1. The van der Waals surface area contributed by atoms with Crippen molar-refractivity contribution in [3.05, 3.63) is 36.1 Å². The number of nitrogens with two attached hydrogens (primary N) is 1. The van der Waals surface area contributed by atoms with E-state index in [0.717, 1.165) is 25.2 Å². The molecule has 0 spiro atoms. The molecule has 3 nitrogen and oxygen atoms in total. The molecule has 0 aliphatic heterocycles. The van der Waals surface area contributed by atoms with Crippen molar-refractivity contribution in [1.29, 1.82) is 0 Å². The van der Waals surface area contributed by atoms with Crippen molar-refractivity contribution < 1.29 is 4.42 Å². The Morgan fingerprint density at radius 3 is 2.83 bits per heavy atom. The number of benzene rings is 1. The van der Waals surface area contributed by atoms with Gasteiger partial charge < -0.3 is 15.1 Å². The zero-order valence-corrected chi connectivity index (χ0v) is 10.9. The maximum atomic E-state index is 5.84. The van der Waals surface area contributed by atoms with E-state index < -0.39 is 0 Å². The number of hydrogen-bond acceptors (Lipinski definition) is 3. The van der Waals surface area contributed by atoms with Crippen LogP contribution in [0.25, 0.3) is 11.0 Å². The first-order chi connectivity index (χ1) is 8.72. The Bertz CT molecular complexity index is 542. The van der Waals surface area contributed by atoms with E-state index in [4.69, 9.17) is 10.2 Å². The molecule has 0 atom stereocenters. The summed E-state index contributed by atoms with van der Waals surface area (Å²) in [6.45, 7) is 2.82. The van der Waals surface area contributed by atoms with Crippen molar-refractivity contribution in [2.45, 2.75) is 19.4 Å². The second kappa shape index (κ2) is 4.41. The van der Waals surface area contributed by atoms with Crippen LogP contribution in [0.15, 0.2) is 34.9 Å². The van der Waals surface area contributed by atoms with Gasteiger partial charge in [0, 0.05) is 24.0 Å². The van der Waals surface area contributed by atoms with E-state index in [9.17, 15) is 0 Å². The molecule has 3 rings (SSSR count). The summed E-state index contributed by atoms with van der Waals surface area (Å²) in [4.78, 5) is 2.36. The second-order valence-electron chi connectivity index (χ2n) is 5.63. The summed E-state index contributed by atoms with van der Waals surface area (Å²) in [6.07, 6.45) is 4.43. The van der Waals surface area contributed by atoms with E-state index in [1.807, 2.05) is 18.4 Å². The molecule has 96 valence electrons. The first-order valence-corrected chi connectivity index (χ1v) is 6.56. The van der Waals surface area contributed by atoms with E-state index in [1.54, 1.807) is 0 Å². The third-order valence-electron chi connectivity index (χ3n) is 4.00. The largest absolute Gasteiger partial charge is 0.464 e. The van der Waals surface area contributed by atoms with Crippen LogP contribution in [0.5, 0.6) is 0 Å². The average Bonchev–Trinajstić information content (AvgIpc) is 3.04. The molecule has 3 heteroatoms. The van der Waals surface area contributed by atoms with Crippen molar-refractivity contribution in [2.75, 3.05) is 20.1 Å². The lowest BCUT2D eigenvalue weighted by atomic mass is 10.1. The van der Waals surface area contributed by atoms with Gasteiger partial charge >= 0.3 is 0 Å². The van der Waals surface area contributed by atoms with Gasteiger partial charge in [-0.2, -0.15) is 0 Å². The molecule has 1 saturated carbocycles. The molecule has 1 fully saturated rings. The van der Waals surface area contributed by atoms with E-state index in [0.29, 0.717) is 5.41 Å². The molecule has 0 unspecified atom stereocenters. The average molecular weight is 244 g/mol. The minimum Gasteiger partial charge on any atom is -0.464 e. The maximum Gasteiger partial charge on any atom is 0.134 e. The lowest BCUT2D eigenvalue weighted by Gasteiger charge is -2.22. The third-order valence-corrected chi connectivity index (χ3v) is 4.00. The van der Waals surface area contributed by atoms with E-state index in [1.165, 1.54) is 23.8 Å². The smallest absolute Gasteiger partial charge is 0.134 e. The predicted octanol–water partition coefficient (Wildman–Crippen LogP) is 2.60. The van der Waals surface area contributed by atoms with Crippen LogP contribution < -0.4 is 5.73 Å². The number of para-hydroxylation sites is 1. The van der Waals surface area contributed by atoms with Crippen LogP contribution >= 0.6 is 0 Å². The van der Waals surface area contributed by atoms with Crippen LogP contribution in [0.2, 0.25) is 0 Å². The van der Waals surface area contributed by atoms with Crippen LogP contribution in [-0.4, -0.2) is 25.0 Å². The molecule has 1 aromatic carbocycles. The predicted molar refractivity (Wildman–Crippen MR) is 73.3 cm³/mol. The lowest BCUT2D eigenvalue weighted by Crippen LogP contribution is -2.31. The molecule has 0 saturated heterocycles. The third kappa shape index (κ3) is 2.16. The number of nitrogens with zero attached hydrogens (tertiary/aromatic N) is 1. The topological polar surface area (TPSA) is 42.4 Å². The van der Waals surface area contributed by atoms with Gasteiger partial charge in [0.25, 0.3) is 0 Å². The Balaban J connectivity index is 1.72. The van der Waals surface area contributed by atoms with Crippen LogP contribution in [0, 0.1) is 5.41 Å². The fourth-order valence-electron chi connectivity index (χ4n) is 2.68. The molecular formula is C15H20N2O. The minimum absolute atomic E-state index is 0.397. The molecule has 0 amide bonds. The standard InChI is InChI=1S/C15H20N2O/c1-17(11-15(10-16)6-7-15)8-12-9-18-14-5-3-2-4-13(12)14/h2-5,9H,6-8,10-11,16H2,1H3. The van der Waals surface area contributed by atoms with Crippen LogP contribution in [0.4, 0.5) is 0 Å². The minimum atomic E-state index is 0.397. The number of furan rings is 1. The molecule has 18 heavy (non-hydrogen) atoms. The summed E-state index contributed by atoms with van der Waals surface area (Å²) in [5.41, 5.74) is 8.47. The van der Waals surface area contributed by atoms with Crippen molar-refractivity contribution in [3.63, 3.8) is 0 Å². The van der Waals surface area contributed by atoms with Gasteiger partial charge in [0.05, 0.1) is 6.26 Å². The van der Waals surface area contributed by atoms with Crippen molar-refractivity contribution in [2.24, 2.45) is 11.1 Å². The number of rotatable bonds is 5. The van der Waals surface area contributed by atoms with Gasteiger partial charge in [0.15, 0.2) is 0 Å². The van der Waals surface area contributed by atoms with Gasteiger partial charge in [0.2, 0.25) is 0 Å². The Morgan fingerprint density at radius 1 is 1.33 bits per heavy atom. The Kier molecular flexibility index (Phi) is 2.88. The number of fused-ring (bicyclic) bond motifs is 1. The van der Waals surface area contributed by atoms with Gasteiger partial charge in [-0.15, -0.1) is 0 Å². The molecule has 1 aliphatic rings. The molecule has 1 aliphatic carbocycles. The second-order valence-corrected chi connectivity index (χ2v) is 5.63. The summed E-state index contributed by atoms with van der Waals surface area (Å²) in [5.74, 6) is 0. The fourth-order valence-corrected chi connectivity index (χ4v) is 2.68. The zero-order chi connectivity index (χ0) is 12.6. The SMILES string of the molecule is CN(Cc1coc2ccccc12)CC1(CN)CC1. The zero-order valence-electron chi connectivity index (χ0n) is 10.9. The van der Waals surface area contributed by atoms with E-state index >= 15 is 0 Å². The van der Waals surface area contributed by atoms with Crippen molar-refractivity contribution in [3.8, 4) is 0 Å². The van der Waals surface area contributed by atoms with Gasteiger partial charge in [0.1, 0.15) is 5.58 Å². The highest BCUT2D eigenvalue weighted by molar-refractivity contribution is 5.80. The maximum absolute atomic E-state index is 5.84. The Hall–Kier alpha value is -1.32. The molecule has 2 aromatic rings. The van der Waals surface area contributed by atoms with Crippen LogP contribution in [-0.2, 0) is 6.54 Å². The normalized spacial score (nSPS) is 17.5. The summed E-state index contributed by atoms with van der Waals surface area (Å²) in [5, 5.41) is 1.22. The Morgan fingerprint density at radius 2 is 2.11 bits per heavy atom. The van der Waals surface area contributed by atoms with E-state index in [-0.39, 0.29) is 0 Å².